The molecule has 1 saturated heterocycles. The Hall–Kier alpha value is -2.95. The second-order valence-corrected chi connectivity index (χ2v) is 7.99. The molecule has 0 unspecified atom stereocenters. The largest absolute Gasteiger partial charge is 0.503 e. The SMILES string of the molecule is Cn1nc(-c2cc(C(F)(F)F)c(F)c(O)c2F)c2cnc(N3CCOCC3(C)C)cc21. The Kier molecular flexibility index (Phi) is 4.84. The van der Waals surface area contributed by atoms with Gasteiger partial charge in [-0.25, -0.2) is 13.8 Å². The van der Waals surface area contributed by atoms with E-state index in [1.807, 2.05) is 18.7 Å². The minimum absolute atomic E-state index is 0.184. The summed E-state index contributed by atoms with van der Waals surface area (Å²) in [6.45, 7) is 5.57. The van der Waals surface area contributed by atoms with Crippen molar-refractivity contribution < 1.29 is 31.8 Å². The number of benzene rings is 1. The number of phenolic OH excluding ortho intramolecular Hbond substituents is 1. The van der Waals surface area contributed by atoms with Gasteiger partial charge in [-0.1, -0.05) is 0 Å². The third-order valence-electron chi connectivity index (χ3n) is 5.38. The summed E-state index contributed by atoms with van der Waals surface area (Å²) in [7, 11) is 1.55. The summed E-state index contributed by atoms with van der Waals surface area (Å²) < 4.78 is 74.8. The molecule has 31 heavy (non-hydrogen) atoms. The molecule has 0 spiro atoms. The number of nitrogens with zero attached hydrogens (tertiary/aromatic N) is 4. The number of aryl methyl sites for hydroxylation is 1. The van der Waals surface area contributed by atoms with Crippen molar-refractivity contribution in [1.29, 1.82) is 0 Å². The van der Waals surface area contributed by atoms with Gasteiger partial charge in [0.1, 0.15) is 11.5 Å². The van der Waals surface area contributed by atoms with Gasteiger partial charge >= 0.3 is 6.18 Å². The standard InChI is InChI=1S/C20H19F5N4O2/c1-19(2)9-31-5-4-29(19)14-7-13-11(8-26-14)17(27-28(13)3)10-6-12(20(23,24)25)16(22)18(30)15(10)21/h6-8,30H,4-5,9H2,1-3H3. The van der Waals surface area contributed by atoms with Gasteiger partial charge in [0.2, 0.25) is 0 Å². The van der Waals surface area contributed by atoms with E-state index in [2.05, 4.69) is 10.1 Å². The average molecular weight is 442 g/mol. The molecule has 4 rings (SSSR count). The van der Waals surface area contributed by atoms with Gasteiger partial charge in [0.05, 0.1) is 29.8 Å². The number of fused-ring (bicyclic) bond motifs is 1. The number of anilines is 1. The number of pyridine rings is 1. The Labute approximate surface area is 173 Å². The molecule has 0 amide bonds. The molecule has 0 radical (unpaired) electrons. The van der Waals surface area contributed by atoms with E-state index in [9.17, 15) is 27.1 Å². The van der Waals surface area contributed by atoms with Crippen molar-refractivity contribution in [2.75, 3.05) is 24.7 Å². The minimum atomic E-state index is -5.12. The first-order valence-electron chi connectivity index (χ1n) is 9.38. The highest BCUT2D eigenvalue weighted by atomic mass is 19.4. The number of hydrogen-bond acceptors (Lipinski definition) is 5. The van der Waals surface area contributed by atoms with Crippen LogP contribution in [0.5, 0.6) is 5.75 Å². The molecule has 0 aliphatic carbocycles. The summed E-state index contributed by atoms with van der Waals surface area (Å²) in [4.78, 5) is 6.44. The molecule has 1 aromatic carbocycles. The third kappa shape index (κ3) is 3.46. The van der Waals surface area contributed by atoms with Crippen molar-refractivity contribution in [1.82, 2.24) is 14.8 Å². The lowest BCUT2D eigenvalue weighted by Gasteiger charge is -2.42. The van der Waals surface area contributed by atoms with Crippen molar-refractivity contribution in [3.8, 4) is 17.0 Å². The second kappa shape index (κ2) is 7.04. The highest BCUT2D eigenvalue weighted by Gasteiger charge is 2.38. The maximum Gasteiger partial charge on any atom is 0.419 e. The summed E-state index contributed by atoms with van der Waals surface area (Å²) in [5.41, 5.74) is -2.48. The fourth-order valence-electron chi connectivity index (χ4n) is 3.77. The average Bonchev–Trinajstić information content (AvgIpc) is 3.01. The molecule has 0 atom stereocenters. The monoisotopic (exact) mass is 442 g/mol. The molecule has 3 heterocycles. The van der Waals surface area contributed by atoms with Crippen LogP contribution in [0.15, 0.2) is 18.3 Å². The molecule has 0 bridgehead atoms. The van der Waals surface area contributed by atoms with Crippen LogP contribution in [-0.4, -0.2) is 45.2 Å². The number of hydrogen-bond donors (Lipinski definition) is 1. The van der Waals surface area contributed by atoms with Crippen LogP contribution in [0.4, 0.5) is 27.8 Å². The summed E-state index contributed by atoms with van der Waals surface area (Å²) in [5.74, 6) is -4.69. The van der Waals surface area contributed by atoms with Crippen LogP contribution in [0.2, 0.25) is 0 Å². The second-order valence-electron chi connectivity index (χ2n) is 7.99. The van der Waals surface area contributed by atoms with E-state index in [1.165, 1.54) is 10.9 Å². The van der Waals surface area contributed by atoms with Gasteiger partial charge in [0, 0.05) is 36.8 Å². The number of rotatable bonds is 2. The van der Waals surface area contributed by atoms with Crippen molar-refractivity contribution in [2.45, 2.75) is 25.6 Å². The number of aromatic hydroxyl groups is 1. The van der Waals surface area contributed by atoms with Crippen LogP contribution in [0, 0.1) is 11.6 Å². The number of halogens is 5. The van der Waals surface area contributed by atoms with Crippen LogP contribution < -0.4 is 4.90 Å². The maximum absolute atomic E-state index is 14.6. The lowest BCUT2D eigenvalue weighted by atomic mass is 10.0. The fourth-order valence-corrected chi connectivity index (χ4v) is 3.77. The summed E-state index contributed by atoms with van der Waals surface area (Å²) >= 11 is 0. The molecule has 1 aliphatic rings. The zero-order valence-electron chi connectivity index (χ0n) is 16.9. The summed E-state index contributed by atoms with van der Waals surface area (Å²) in [5, 5.41) is 14.0. The number of aromatic nitrogens is 3. The van der Waals surface area contributed by atoms with Gasteiger partial charge in [0.25, 0.3) is 0 Å². The molecule has 0 saturated carbocycles. The Balaban J connectivity index is 1.89. The van der Waals surface area contributed by atoms with Crippen LogP contribution in [-0.2, 0) is 18.0 Å². The van der Waals surface area contributed by atoms with E-state index in [4.69, 9.17) is 4.74 Å². The van der Waals surface area contributed by atoms with Crippen LogP contribution >= 0.6 is 0 Å². The fraction of sp³-hybridized carbons (Fsp3) is 0.400. The van der Waals surface area contributed by atoms with Crippen LogP contribution in [0.1, 0.15) is 19.4 Å². The molecular weight excluding hydrogens is 423 g/mol. The van der Waals surface area contributed by atoms with Crippen molar-refractivity contribution in [3.63, 3.8) is 0 Å². The van der Waals surface area contributed by atoms with Gasteiger partial charge in [-0.3, -0.25) is 4.68 Å². The summed E-state index contributed by atoms with van der Waals surface area (Å²) in [6, 6.07) is 2.01. The van der Waals surface area contributed by atoms with Gasteiger partial charge in [0.15, 0.2) is 17.4 Å². The van der Waals surface area contributed by atoms with Crippen molar-refractivity contribution in [3.05, 3.63) is 35.5 Å². The van der Waals surface area contributed by atoms with E-state index in [1.54, 1.807) is 13.1 Å². The van der Waals surface area contributed by atoms with E-state index in [0.717, 1.165) is 0 Å². The van der Waals surface area contributed by atoms with Crippen molar-refractivity contribution in [2.24, 2.45) is 7.05 Å². The van der Waals surface area contributed by atoms with Gasteiger partial charge in [-0.2, -0.15) is 18.3 Å². The molecule has 166 valence electrons. The van der Waals surface area contributed by atoms with E-state index >= 15 is 0 Å². The highest BCUT2D eigenvalue weighted by molar-refractivity contribution is 5.94. The topological polar surface area (TPSA) is 63.4 Å². The Morgan fingerprint density at radius 2 is 1.87 bits per heavy atom. The predicted molar refractivity (Wildman–Crippen MR) is 103 cm³/mol. The number of ether oxygens (including phenoxy) is 1. The van der Waals surface area contributed by atoms with Crippen LogP contribution in [0.25, 0.3) is 22.2 Å². The lowest BCUT2D eigenvalue weighted by Crippen LogP contribution is -2.53. The summed E-state index contributed by atoms with van der Waals surface area (Å²) in [6.07, 6.45) is -3.74. The zero-order valence-corrected chi connectivity index (χ0v) is 16.9. The number of alkyl halides is 3. The van der Waals surface area contributed by atoms with Gasteiger partial charge < -0.3 is 14.7 Å². The third-order valence-corrected chi connectivity index (χ3v) is 5.38. The molecule has 2 aromatic heterocycles. The van der Waals surface area contributed by atoms with Crippen molar-refractivity contribution >= 4 is 16.7 Å². The zero-order chi connectivity index (χ0) is 22.7. The normalized spacial score (nSPS) is 16.8. The Morgan fingerprint density at radius 3 is 2.52 bits per heavy atom. The Bertz CT molecular complexity index is 1170. The molecular formula is C20H19F5N4O2. The predicted octanol–water partition coefficient (Wildman–Crippen LogP) is 4.25. The molecule has 1 aliphatic heterocycles. The molecule has 3 aromatic rings. The Morgan fingerprint density at radius 1 is 1.16 bits per heavy atom. The number of phenols is 1. The first-order chi connectivity index (χ1) is 14.4. The van der Waals surface area contributed by atoms with E-state index in [0.29, 0.717) is 37.2 Å². The minimum Gasteiger partial charge on any atom is -0.503 e. The van der Waals surface area contributed by atoms with E-state index in [-0.39, 0.29) is 16.6 Å². The highest BCUT2D eigenvalue weighted by Crippen LogP contribution is 2.42. The van der Waals surface area contributed by atoms with Gasteiger partial charge in [-0.15, -0.1) is 0 Å². The van der Waals surface area contributed by atoms with Gasteiger partial charge in [-0.05, 0) is 19.9 Å². The van der Waals surface area contributed by atoms with Crippen LogP contribution in [0.3, 0.4) is 0 Å². The maximum atomic E-state index is 14.6. The molecule has 11 heteroatoms. The smallest absolute Gasteiger partial charge is 0.419 e. The van der Waals surface area contributed by atoms with E-state index < -0.39 is 34.7 Å². The first-order valence-corrected chi connectivity index (χ1v) is 9.38. The quantitative estimate of drug-likeness (QED) is 0.602. The first kappa shape index (κ1) is 21.3. The molecule has 1 N–H and O–H groups in total. The lowest BCUT2D eigenvalue weighted by molar-refractivity contribution is -0.140. The molecule has 6 nitrogen and oxygen atoms in total. The molecule has 1 fully saturated rings. The number of morpholine rings is 1.